The highest BCUT2D eigenvalue weighted by Gasteiger charge is 2.25. The van der Waals surface area contributed by atoms with Crippen LogP contribution >= 0.6 is 0 Å². The van der Waals surface area contributed by atoms with Crippen molar-refractivity contribution in [2.24, 2.45) is 0 Å². The molecule has 21 heavy (non-hydrogen) atoms. The van der Waals surface area contributed by atoms with Crippen LogP contribution in [0.1, 0.15) is 47.7 Å². The first-order valence-electron chi connectivity index (χ1n) is 7.49. The van der Waals surface area contributed by atoms with Crippen LogP contribution in [0.25, 0.3) is 0 Å². The summed E-state index contributed by atoms with van der Waals surface area (Å²) in [5.41, 5.74) is 6.26. The van der Waals surface area contributed by atoms with Crippen molar-refractivity contribution in [2.75, 3.05) is 0 Å². The molecule has 0 spiro atoms. The molecule has 1 aliphatic carbocycles. The van der Waals surface area contributed by atoms with Gasteiger partial charge in [0, 0.05) is 17.9 Å². The summed E-state index contributed by atoms with van der Waals surface area (Å²) in [6.07, 6.45) is 1.57. The Hall–Kier alpha value is -2.15. The Morgan fingerprint density at radius 3 is 2.43 bits per heavy atom. The summed E-state index contributed by atoms with van der Waals surface area (Å²) >= 11 is 0. The largest absolute Gasteiger partial charge is 0.294 e. The third-order valence-electron chi connectivity index (χ3n) is 4.57. The van der Waals surface area contributed by atoms with Crippen LogP contribution < -0.4 is 0 Å². The van der Waals surface area contributed by atoms with Gasteiger partial charge in [0.05, 0.1) is 0 Å². The molecule has 0 radical (unpaired) electrons. The summed E-state index contributed by atoms with van der Waals surface area (Å²) in [4.78, 5) is 12.6. The highest BCUT2D eigenvalue weighted by molar-refractivity contribution is 5.96. The first-order chi connectivity index (χ1) is 10.2. The van der Waals surface area contributed by atoms with Gasteiger partial charge in [0.2, 0.25) is 0 Å². The molecule has 106 valence electrons. The van der Waals surface area contributed by atoms with Crippen molar-refractivity contribution in [2.45, 2.75) is 32.6 Å². The molecule has 0 saturated carbocycles. The summed E-state index contributed by atoms with van der Waals surface area (Å²) in [7, 11) is 0. The van der Waals surface area contributed by atoms with Crippen molar-refractivity contribution in [3.63, 3.8) is 0 Å². The average molecular weight is 276 g/mol. The number of hydrogen-bond donors (Lipinski definition) is 0. The van der Waals surface area contributed by atoms with Crippen LogP contribution in [-0.2, 0) is 6.42 Å². The Morgan fingerprint density at radius 2 is 1.67 bits per heavy atom. The smallest absolute Gasteiger partial charge is 0.163 e. The minimum atomic E-state index is 0.225. The quantitative estimate of drug-likeness (QED) is 0.573. The fourth-order valence-electron chi connectivity index (χ4n) is 3.18. The van der Waals surface area contributed by atoms with E-state index in [9.17, 15) is 4.79 Å². The second-order valence-electron chi connectivity index (χ2n) is 5.88. The SMILES string of the molecule is CC1=C(C)C(CC(=O)c2ccccc2)c2ccccc2C1. The summed E-state index contributed by atoms with van der Waals surface area (Å²) < 4.78 is 0. The number of ketones is 1. The number of hydrogen-bond acceptors (Lipinski definition) is 1. The lowest BCUT2D eigenvalue weighted by atomic mass is 9.76. The molecule has 0 aliphatic heterocycles. The van der Waals surface area contributed by atoms with E-state index in [1.54, 1.807) is 0 Å². The number of carbonyl (C=O) groups is 1. The van der Waals surface area contributed by atoms with Gasteiger partial charge < -0.3 is 0 Å². The predicted octanol–water partition coefficient (Wildman–Crippen LogP) is 4.94. The van der Waals surface area contributed by atoms with Crippen LogP contribution in [-0.4, -0.2) is 5.78 Å². The summed E-state index contributed by atoms with van der Waals surface area (Å²) in [5.74, 6) is 0.451. The molecule has 2 aromatic carbocycles. The molecule has 3 rings (SSSR count). The van der Waals surface area contributed by atoms with Crippen molar-refractivity contribution in [3.05, 3.63) is 82.4 Å². The molecule has 1 heteroatoms. The maximum Gasteiger partial charge on any atom is 0.163 e. The van der Waals surface area contributed by atoms with Gasteiger partial charge in [-0.25, -0.2) is 0 Å². The van der Waals surface area contributed by atoms with Gasteiger partial charge in [0.1, 0.15) is 0 Å². The van der Waals surface area contributed by atoms with Crippen molar-refractivity contribution < 1.29 is 4.79 Å². The van der Waals surface area contributed by atoms with Crippen LogP contribution in [0, 0.1) is 0 Å². The molecule has 1 nitrogen and oxygen atoms in total. The molecule has 0 saturated heterocycles. The van der Waals surface area contributed by atoms with Crippen LogP contribution in [0.3, 0.4) is 0 Å². The Bertz CT molecular complexity index is 695. The minimum absolute atomic E-state index is 0.225. The van der Waals surface area contributed by atoms with Crippen molar-refractivity contribution >= 4 is 5.78 Å². The van der Waals surface area contributed by atoms with E-state index in [2.05, 4.69) is 38.1 Å². The topological polar surface area (TPSA) is 17.1 Å². The van der Waals surface area contributed by atoms with Gasteiger partial charge in [0.25, 0.3) is 0 Å². The second kappa shape index (κ2) is 5.69. The highest BCUT2D eigenvalue weighted by Crippen LogP contribution is 2.38. The molecule has 0 aromatic heterocycles. The van der Waals surface area contributed by atoms with Gasteiger partial charge in [-0.3, -0.25) is 4.79 Å². The van der Waals surface area contributed by atoms with E-state index in [4.69, 9.17) is 0 Å². The molecule has 0 heterocycles. The molecule has 0 N–H and O–H groups in total. The molecule has 0 amide bonds. The maximum atomic E-state index is 12.6. The molecular formula is C20H20O. The monoisotopic (exact) mass is 276 g/mol. The van der Waals surface area contributed by atoms with E-state index >= 15 is 0 Å². The lowest BCUT2D eigenvalue weighted by molar-refractivity contribution is 0.0977. The highest BCUT2D eigenvalue weighted by atomic mass is 16.1. The number of benzene rings is 2. The number of fused-ring (bicyclic) bond motifs is 1. The first kappa shape index (κ1) is 13.8. The Morgan fingerprint density at radius 1 is 1.00 bits per heavy atom. The molecule has 2 aromatic rings. The van der Waals surface area contributed by atoms with Gasteiger partial charge >= 0.3 is 0 Å². The first-order valence-corrected chi connectivity index (χ1v) is 7.49. The van der Waals surface area contributed by atoms with Crippen LogP contribution in [0.2, 0.25) is 0 Å². The van der Waals surface area contributed by atoms with Gasteiger partial charge in [-0.1, -0.05) is 65.7 Å². The Labute approximate surface area is 126 Å². The zero-order chi connectivity index (χ0) is 14.8. The van der Waals surface area contributed by atoms with Crippen LogP contribution in [0.15, 0.2) is 65.7 Å². The zero-order valence-corrected chi connectivity index (χ0v) is 12.6. The lowest BCUT2D eigenvalue weighted by Gasteiger charge is -2.28. The Kier molecular flexibility index (Phi) is 3.74. The van der Waals surface area contributed by atoms with Crippen LogP contribution in [0.4, 0.5) is 0 Å². The fraction of sp³-hybridized carbons (Fsp3) is 0.250. The van der Waals surface area contributed by atoms with E-state index in [0.29, 0.717) is 6.42 Å². The molecule has 0 fully saturated rings. The number of allylic oxidation sites excluding steroid dienone is 2. The summed E-state index contributed by atoms with van der Waals surface area (Å²) in [5, 5.41) is 0. The molecular weight excluding hydrogens is 256 g/mol. The standard InChI is InChI=1S/C20H20O/c1-14-12-17-10-6-7-11-18(17)19(15(14)2)13-20(21)16-8-4-3-5-9-16/h3-11,19H,12-13H2,1-2H3. The van der Waals surface area contributed by atoms with E-state index < -0.39 is 0 Å². The minimum Gasteiger partial charge on any atom is -0.294 e. The molecule has 1 atom stereocenters. The predicted molar refractivity (Wildman–Crippen MR) is 86.7 cm³/mol. The van der Waals surface area contributed by atoms with Gasteiger partial charge in [-0.15, -0.1) is 0 Å². The van der Waals surface area contributed by atoms with Gasteiger partial charge in [-0.2, -0.15) is 0 Å². The van der Waals surface area contributed by atoms with Crippen LogP contribution in [0.5, 0.6) is 0 Å². The van der Waals surface area contributed by atoms with Gasteiger partial charge in [0.15, 0.2) is 5.78 Å². The summed E-state index contributed by atoms with van der Waals surface area (Å²) in [6, 6.07) is 18.1. The normalized spacial score (nSPS) is 17.5. The molecule has 1 aliphatic rings. The molecule has 0 bridgehead atoms. The number of Topliss-reactive ketones (excluding diaryl/α,β-unsaturated/α-hetero) is 1. The zero-order valence-electron chi connectivity index (χ0n) is 12.6. The number of carbonyl (C=O) groups excluding carboxylic acids is 1. The van der Waals surface area contributed by atoms with Crippen molar-refractivity contribution in [1.82, 2.24) is 0 Å². The third kappa shape index (κ3) is 2.69. The summed E-state index contributed by atoms with van der Waals surface area (Å²) in [6.45, 7) is 4.36. The second-order valence-corrected chi connectivity index (χ2v) is 5.88. The number of rotatable bonds is 3. The van der Waals surface area contributed by atoms with Crippen molar-refractivity contribution in [1.29, 1.82) is 0 Å². The van der Waals surface area contributed by atoms with E-state index in [1.165, 1.54) is 22.3 Å². The molecule has 1 unspecified atom stereocenters. The third-order valence-corrected chi connectivity index (χ3v) is 4.57. The van der Waals surface area contributed by atoms with Gasteiger partial charge in [-0.05, 0) is 31.4 Å². The lowest BCUT2D eigenvalue weighted by Crippen LogP contribution is -2.16. The van der Waals surface area contributed by atoms with Crippen molar-refractivity contribution in [3.8, 4) is 0 Å². The van der Waals surface area contributed by atoms with E-state index in [0.717, 1.165) is 12.0 Å². The fourth-order valence-corrected chi connectivity index (χ4v) is 3.18. The van der Waals surface area contributed by atoms with E-state index in [-0.39, 0.29) is 11.7 Å². The average Bonchev–Trinajstić information content (AvgIpc) is 2.52. The Balaban J connectivity index is 1.93. The van der Waals surface area contributed by atoms with E-state index in [1.807, 2.05) is 30.3 Å². The maximum absolute atomic E-state index is 12.6.